The van der Waals surface area contributed by atoms with Crippen molar-refractivity contribution in [2.24, 2.45) is 23.7 Å². The minimum atomic E-state index is -1.17. The fraction of sp³-hybridized carbons (Fsp3) is 0.704. The summed E-state index contributed by atoms with van der Waals surface area (Å²) in [4.78, 5) is 111. The molecule has 75 heavy (non-hydrogen) atoms. The van der Waals surface area contributed by atoms with Crippen LogP contribution in [0.1, 0.15) is 86.1 Å². The maximum atomic E-state index is 14.6. The molecule has 9 atom stereocenters. The molecule has 1 saturated heterocycles. The van der Waals surface area contributed by atoms with Crippen LogP contribution in [0.25, 0.3) is 0 Å². The van der Waals surface area contributed by atoms with E-state index >= 15 is 0 Å². The molecule has 1 fully saturated rings. The van der Waals surface area contributed by atoms with E-state index in [1.807, 2.05) is 47.6 Å². The molecule has 422 valence electrons. The summed E-state index contributed by atoms with van der Waals surface area (Å²) in [6.45, 7) is 15.6. The third-order valence-corrected chi connectivity index (χ3v) is 14.0. The zero-order valence-corrected chi connectivity index (χ0v) is 46.2. The van der Waals surface area contributed by atoms with Crippen LogP contribution in [-0.2, 0) is 73.2 Å². The van der Waals surface area contributed by atoms with Crippen LogP contribution in [0.2, 0.25) is 0 Å². The van der Waals surface area contributed by atoms with Crippen LogP contribution in [0.15, 0.2) is 42.5 Å². The molecule has 0 bridgehead atoms. The van der Waals surface area contributed by atoms with Crippen molar-refractivity contribution in [2.75, 3.05) is 94.3 Å². The van der Waals surface area contributed by atoms with E-state index in [-0.39, 0.29) is 99.5 Å². The zero-order valence-electron chi connectivity index (χ0n) is 46.2. The van der Waals surface area contributed by atoms with Gasteiger partial charge in [-0.3, -0.25) is 38.5 Å². The largest absolute Gasteiger partial charge is 0.480 e. The molecule has 1 aromatic carbocycles. The van der Waals surface area contributed by atoms with Gasteiger partial charge in [-0.2, -0.15) is 0 Å². The Hall–Kier alpha value is -5.32. The number of ether oxygens (including phenoxy) is 6. The van der Waals surface area contributed by atoms with Gasteiger partial charge < -0.3 is 58.9 Å². The summed E-state index contributed by atoms with van der Waals surface area (Å²) in [5.74, 6) is -5.41. The Morgan fingerprint density at radius 3 is 1.84 bits per heavy atom. The Balaban J connectivity index is 1.54. The second-order valence-corrected chi connectivity index (χ2v) is 20.0. The molecule has 0 aliphatic carbocycles. The highest BCUT2D eigenvalue weighted by Gasteiger charge is 2.44. The van der Waals surface area contributed by atoms with Crippen molar-refractivity contribution in [2.45, 2.75) is 129 Å². The summed E-state index contributed by atoms with van der Waals surface area (Å²) in [6, 6.07) is 4.90. The smallest absolute Gasteiger partial charge is 0.326 e. The van der Waals surface area contributed by atoms with Gasteiger partial charge in [-0.25, -0.2) is 4.79 Å². The summed E-state index contributed by atoms with van der Waals surface area (Å²) >= 11 is 0. The lowest BCUT2D eigenvalue weighted by Crippen LogP contribution is -2.60. The first kappa shape index (κ1) is 64.0. The number of likely N-dealkylation sites (tertiary alicyclic amines) is 1. The molecule has 7 amide bonds. The maximum Gasteiger partial charge on any atom is 0.326 e. The van der Waals surface area contributed by atoms with Gasteiger partial charge in [0.15, 0.2) is 0 Å². The monoisotopic (exact) mass is 1060 g/mol. The number of hydrogen-bond acceptors (Lipinski definition) is 14. The summed E-state index contributed by atoms with van der Waals surface area (Å²) in [5.41, 5.74) is 0.760. The van der Waals surface area contributed by atoms with Gasteiger partial charge in [0, 0.05) is 53.4 Å². The number of methoxy groups -OCH3 is 2. The lowest BCUT2D eigenvalue weighted by molar-refractivity contribution is -0.149. The first-order chi connectivity index (χ1) is 35.7. The Morgan fingerprint density at radius 1 is 0.747 bits per heavy atom. The van der Waals surface area contributed by atoms with Crippen molar-refractivity contribution in [3.63, 3.8) is 0 Å². The summed E-state index contributed by atoms with van der Waals surface area (Å²) in [7, 11) is 6.18. The molecular formula is C54H86N6O15. The molecule has 0 radical (unpaired) electrons. The highest BCUT2D eigenvalue weighted by atomic mass is 16.6. The lowest BCUT2D eigenvalue weighted by Gasteiger charge is -2.41. The third-order valence-electron chi connectivity index (χ3n) is 14.0. The van der Waals surface area contributed by atoms with E-state index in [2.05, 4.69) is 10.6 Å². The zero-order chi connectivity index (χ0) is 55.8. The molecule has 2 aliphatic rings. The molecule has 3 N–H and O–H groups in total. The molecule has 1 unspecified atom stereocenters. The van der Waals surface area contributed by atoms with Crippen molar-refractivity contribution in [3.05, 3.63) is 48.0 Å². The van der Waals surface area contributed by atoms with Gasteiger partial charge in [-0.15, -0.1) is 0 Å². The topological polar surface area (TPSA) is 249 Å². The molecule has 21 heteroatoms. The predicted molar refractivity (Wildman–Crippen MR) is 278 cm³/mol. The lowest BCUT2D eigenvalue weighted by atomic mass is 9.89. The van der Waals surface area contributed by atoms with Crippen LogP contribution >= 0.6 is 0 Å². The van der Waals surface area contributed by atoms with Crippen LogP contribution in [0, 0.1) is 23.7 Å². The van der Waals surface area contributed by atoms with Crippen LogP contribution < -0.4 is 10.6 Å². The minimum absolute atomic E-state index is 0.0107. The number of amides is 7. The number of carbonyl (C=O) groups is 8. The van der Waals surface area contributed by atoms with Crippen molar-refractivity contribution >= 4 is 47.3 Å². The van der Waals surface area contributed by atoms with E-state index in [0.717, 1.165) is 10.5 Å². The third kappa shape index (κ3) is 19.6. The molecular weight excluding hydrogens is 973 g/mol. The van der Waals surface area contributed by atoms with Crippen molar-refractivity contribution in [1.29, 1.82) is 0 Å². The average molecular weight is 1060 g/mol. The molecule has 0 saturated carbocycles. The van der Waals surface area contributed by atoms with Gasteiger partial charge in [0.05, 0.1) is 102 Å². The Labute approximate surface area is 443 Å². The highest BCUT2D eigenvalue weighted by Crippen LogP contribution is 2.30. The Kier molecular flexibility index (Phi) is 28.1. The predicted octanol–water partition coefficient (Wildman–Crippen LogP) is 2.72. The summed E-state index contributed by atoms with van der Waals surface area (Å²) < 4.78 is 34.0. The van der Waals surface area contributed by atoms with E-state index in [1.54, 1.807) is 55.1 Å². The molecule has 2 heterocycles. The van der Waals surface area contributed by atoms with Gasteiger partial charge in [0.1, 0.15) is 18.1 Å². The number of imide groups is 1. The van der Waals surface area contributed by atoms with Crippen LogP contribution in [0.5, 0.6) is 0 Å². The second-order valence-electron chi connectivity index (χ2n) is 20.0. The molecule has 0 spiro atoms. The number of likely N-dealkylation sites (N-methyl/N-ethyl adjacent to an activating group) is 2. The fourth-order valence-electron chi connectivity index (χ4n) is 9.62. The van der Waals surface area contributed by atoms with Gasteiger partial charge in [0.2, 0.25) is 29.5 Å². The number of carbonyl (C=O) groups excluding carboxylic acids is 7. The van der Waals surface area contributed by atoms with Crippen molar-refractivity contribution < 1.29 is 71.9 Å². The first-order valence-electron chi connectivity index (χ1n) is 26.3. The number of nitrogens with one attached hydrogen (secondary N) is 2. The second kappa shape index (κ2) is 33.0. The standard InChI is InChI=1S/C54H86N6O15/c1-12-37(6)49(42(70-10)34-46(64)59-23-16-19-41(59)50(71-11)38(7)51(65)55-40(54(68)69)33-39-17-14-13-15-18-39)58(9)53(67)47(35(2)3)56-52(66)48(36(4)5)57(8)43(61)22-25-72-27-29-74-31-32-75-30-28-73-26-24-60-44(62)20-21-45(60)63/h13-15,17-18,20-21,35-38,40-42,47-50H,12,16,19,22-34H2,1-11H3,(H,55,65)(H,56,66)(H,68,69)/t37-,38+,40-,41-,42?,47-,48-,49-,50+/m0/s1. The van der Waals surface area contributed by atoms with E-state index < -0.39 is 66.1 Å². The van der Waals surface area contributed by atoms with Crippen molar-refractivity contribution in [3.8, 4) is 0 Å². The highest BCUT2D eigenvalue weighted by molar-refractivity contribution is 6.12. The molecule has 0 aromatic heterocycles. The quantitative estimate of drug-likeness (QED) is 0.0646. The molecule has 2 aliphatic heterocycles. The molecule has 1 aromatic rings. The number of rotatable bonds is 36. The number of carboxylic acid groups (broad SMARTS) is 1. The Bertz CT molecular complexity index is 2000. The van der Waals surface area contributed by atoms with Gasteiger partial charge in [-0.05, 0) is 36.2 Å². The number of hydrogen-bond donors (Lipinski definition) is 3. The van der Waals surface area contributed by atoms with E-state index in [9.17, 15) is 43.5 Å². The van der Waals surface area contributed by atoms with E-state index in [4.69, 9.17) is 28.4 Å². The Morgan fingerprint density at radius 2 is 1.32 bits per heavy atom. The average Bonchev–Trinajstić information content (AvgIpc) is 4.00. The van der Waals surface area contributed by atoms with Crippen LogP contribution in [-0.4, -0.2) is 209 Å². The van der Waals surface area contributed by atoms with Gasteiger partial charge in [0.25, 0.3) is 11.8 Å². The van der Waals surface area contributed by atoms with Crippen LogP contribution in [0.3, 0.4) is 0 Å². The number of carboxylic acids is 1. The number of nitrogens with zero attached hydrogens (tertiary/aromatic N) is 4. The summed E-state index contributed by atoms with van der Waals surface area (Å²) in [5, 5.41) is 15.6. The normalized spacial score (nSPS) is 17.9. The number of aliphatic carboxylic acids is 1. The molecule has 3 rings (SSSR count). The van der Waals surface area contributed by atoms with Crippen molar-refractivity contribution in [1.82, 2.24) is 30.2 Å². The van der Waals surface area contributed by atoms with E-state index in [0.29, 0.717) is 52.2 Å². The maximum absolute atomic E-state index is 14.6. The molecule has 21 nitrogen and oxygen atoms in total. The summed E-state index contributed by atoms with van der Waals surface area (Å²) in [6.07, 6.45) is 2.84. The SMILES string of the molecule is CC[C@H](C)[C@@H](C(CC(=O)N1CCC[C@H]1[C@H](OC)[C@@H](C)C(=O)N[C@@H](Cc1ccccc1)C(=O)O)OC)N(C)C(=O)[C@@H](NC(=O)[C@H](C(C)C)N(C)C(=O)CCOCCOCCOCCOCCN1C(=O)C=CC1=O)C(C)C. The van der Waals surface area contributed by atoms with Gasteiger partial charge in [-0.1, -0.05) is 85.2 Å². The fourth-order valence-corrected chi connectivity index (χ4v) is 9.62. The van der Waals surface area contributed by atoms with E-state index in [1.165, 1.54) is 31.3 Å². The van der Waals surface area contributed by atoms with Crippen LogP contribution in [0.4, 0.5) is 0 Å². The van der Waals surface area contributed by atoms with Gasteiger partial charge >= 0.3 is 5.97 Å². The number of benzene rings is 1. The first-order valence-corrected chi connectivity index (χ1v) is 26.3. The minimum Gasteiger partial charge on any atom is -0.480 e.